The molecule has 2 fully saturated rings. The fourth-order valence-electron chi connectivity index (χ4n) is 2.53. The predicted molar refractivity (Wildman–Crippen MR) is 58.2 cm³/mol. The summed E-state index contributed by atoms with van der Waals surface area (Å²) in [7, 11) is 0. The third kappa shape index (κ3) is 2.09. The van der Waals surface area contributed by atoms with Crippen LogP contribution in [0.15, 0.2) is 0 Å². The van der Waals surface area contributed by atoms with E-state index in [4.69, 9.17) is 14.2 Å². The van der Waals surface area contributed by atoms with Gasteiger partial charge in [0.2, 0.25) is 0 Å². The van der Waals surface area contributed by atoms with Gasteiger partial charge < -0.3 is 14.2 Å². The zero-order valence-corrected chi connectivity index (χ0v) is 10.3. The molecule has 2 aliphatic rings. The topological polar surface area (TPSA) is 61.8 Å². The Morgan fingerprint density at radius 1 is 1.41 bits per heavy atom. The Balaban J connectivity index is 2.18. The lowest BCUT2D eigenvalue weighted by Gasteiger charge is -2.39. The maximum atomic E-state index is 12.0. The van der Waals surface area contributed by atoms with Crippen LogP contribution in [0, 0.1) is 5.41 Å². The number of esters is 1. The van der Waals surface area contributed by atoms with Gasteiger partial charge in [0.05, 0.1) is 19.8 Å². The molecule has 1 saturated carbocycles. The highest BCUT2D eigenvalue weighted by Gasteiger charge is 2.55. The third-order valence-corrected chi connectivity index (χ3v) is 3.51. The second-order valence-electron chi connectivity index (χ2n) is 4.76. The highest BCUT2D eigenvalue weighted by Crippen LogP contribution is 2.44. The molecule has 1 atom stereocenters. The number of hydrogen-bond donors (Lipinski definition) is 0. The van der Waals surface area contributed by atoms with Gasteiger partial charge in [0.25, 0.3) is 0 Å². The Kier molecular flexibility index (Phi) is 3.23. The fourth-order valence-corrected chi connectivity index (χ4v) is 2.53. The molecule has 1 spiro atoms. The SMILES string of the molecule is CCOC(=O)[C@]1(C)CC2(CCC1=O)OCCO2. The van der Waals surface area contributed by atoms with Crippen LogP contribution in [0.4, 0.5) is 0 Å². The molecule has 1 saturated heterocycles. The average Bonchev–Trinajstić information content (AvgIpc) is 2.73. The van der Waals surface area contributed by atoms with E-state index in [0.29, 0.717) is 26.1 Å². The third-order valence-electron chi connectivity index (χ3n) is 3.51. The number of Topliss-reactive ketones (excluding diaryl/α,β-unsaturated/α-hetero) is 1. The summed E-state index contributed by atoms with van der Waals surface area (Å²) in [5, 5.41) is 0. The number of carbonyl (C=O) groups excluding carboxylic acids is 2. The number of rotatable bonds is 2. The van der Waals surface area contributed by atoms with Gasteiger partial charge in [-0.15, -0.1) is 0 Å². The molecule has 1 aliphatic carbocycles. The van der Waals surface area contributed by atoms with Crippen molar-refractivity contribution < 1.29 is 23.8 Å². The molecule has 0 amide bonds. The van der Waals surface area contributed by atoms with E-state index >= 15 is 0 Å². The van der Waals surface area contributed by atoms with Gasteiger partial charge in [0.15, 0.2) is 5.79 Å². The maximum Gasteiger partial charge on any atom is 0.319 e. The number of ether oxygens (including phenoxy) is 3. The van der Waals surface area contributed by atoms with Gasteiger partial charge in [-0.3, -0.25) is 9.59 Å². The lowest BCUT2D eigenvalue weighted by molar-refractivity contribution is -0.207. The smallest absolute Gasteiger partial charge is 0.319 e. The Bertz CT molecular complexity index is 332. The van der Waals surface area contributed by atoms with Crippen LogP contribution in [0.5, 0.6) is 0 Å². The maximum absolute atomic E-state index is 12.0. The van der Waals surface area contributed by atoms with Gasteiger partial charge in [-0.05, 0) is 13.8 Å². The lowest BCUT2D eigenvalue weighted by Crippen LogP contribution is -2.50. The van der Waals surface area contributed by atoms with E-state index in [1.165, 1.54) is 0 Å². The summed E-state index contributed by atoms with van der Waals surface area (Å²) >= 11 is 0. The Labute approximate surface area is 100 Å². The van der Waals surface area contributed by atoms with Crippen molar-refractivity contribution in [1.82, 2.24) is 0 Å². The van der Waals surface area contributed by atoms with E-state index in [2.05, 4.69) is 0 Å². The molecular weight excluding hydrogens is 224 g/mol. The molecule has 5 heteroatoms. The van der Waals surface area contributed by atoms with E-state index in [9.17, 15) is 9.59 Å². The highest BCUT2D eigenvalue weighted by molar-refractivity contribution is 6.04. The molecule has 0 unspecified atom stereocenters. The highest BCUT2D eigenvalue weighted by atomic mass is 16.7. The summed E-state index contributed by atoms with van der Waals surface area (Å²) in [6, 6.07) is 0. The predicted octanol–water partition coefficient (Wildman–Crippen LogP) is 1.05. The van der Waals surface area contributed by atoms with E-state index in [0.717, 1.165) is 0 Å². The quantitative estimate of drug-likeness (QED) is 0.535. The normalized spacial score (nSPS) is 31.8. The van der Waals surface area contributed by atoms with Gasteiger partial charge in [-0.1, -0.05) is 0 Å². The number of hydrogen-bond acceptors (Lipinski definition) is 5. The van der Waals surface area contributed by atoms with Crippen LogP contribution in [0.25, 0.3) is 0 Å². The summed E-state index contributed by atoms with van der Waals surface area (Å²) in [6.45, 7) is 4.67. The number of carbonyl (C=O) groups is 2. The van der Waals surface area contributed by atoms with Gasteiger partial charge in [-0.2, -0.15) is 0 Å². The fraction of sp³-hybridized carbons (Fsp3) is 0.833. The summed E-state index contributed by atoms with van der Waals surface area (Å²) in [5.74, 6) is -1.31. The zero-order valence-electron chi connectivity index (χ0n) is 10.3. The van der Waals surface area contributed by atoms with E-state index in [-0.39, 0.29) is 18.8 Å². The van der Waals surface area contributed by atoms with Crippen LogP contribution in [0.3, 0.4) is 0 Å². The van der Waals surface area contributed by atoms with E-state index in [1.807, 2.05) is 0 Å². The first-order valence-corrected chi connectivity index (χ1v) is 6.01. The van der Waals surface area contributed by atoms with Crippen LogP contribution < -0.4 is 0 Å². The van der Waals surface area contributed by atoms with Gasteiger partial charge in [-0.25, -0.2) is 0 Å². The largest absolute Gasteiger partial charge is 0.465 e. The molecule has 0 N–H and O–H groups in total. The van der Waals surface area contributed by atoms with Crippen molar-refractivity contribution in [2.24, 2.45) is 5.41 Å². The van der Waals surface area contributed by atoms with Crippen molar-refractivity contribution in [3.05, 3.63) is 0 Å². The Hall–Kier alpha value is -0.940. The molecule has 0 radical (unpaired) electrons. The van der Waals surface area contributed by atoms with Crippen molar-refractivity contribution in [3.63, 3.8) is 0 Å². The first-order chi connectivity index (χ1) is 8.02. The second-order valence-corrected chi connectivity index (χ2v) is 4.76. The van der Waals surface area contributed by atoms with Crippen LogP contribution in [0.1, 0.15) is 33.1 Å². The van der Waals surface area contributed by atoms with Crippen molar-refractivity contribution in [2.45, 2.75) is 38.9 Å². The standard InChI is InChI=1S/C12H18O5/c1-3-15-10(14)11(2)8-12(5-4-9(11)13)16-6-7-17-12/h3-8H2,1-2H3/t11-/m1/s1. The summed E-state index contributed by atoms with van der Waals surface area (Å²) in [4.78, 5) is 23.9. The van der Waals surface area contributed by atoms with Crippen LogP contribution >= 0.6 is 0 Å². The van der Waals surface area contributed by atoms with Gasteiger partial charge >= 0.3 is 5.97 Å². The molecular formula is C12H18O5. The van der Waals surface area contributed by atoms with Crippen molar-refractivity contribution >= 4 is 11.8 Å². The van der Waals surface area contributed by atoms with Crippen LogP contribution in [-0.4, -0.2) is 37.4 Å². The molecule has 0 aromatic rings. The molecule has 17 heavy (non-hydrogen) atoms. The summed E-state index contributed by atoms with van der Waals surface area (Å²) in [6.07, 6.45) is 1.09. The molecule has 1 heterocycles. The van der Waals surface area contributed by atoms with Crippen molar-refractivity contribution in [3.8, 4) is 0 Å². The average molecular weight is 242 g/mol. The number of ketones is 1. The van der Waals surface area contributed by atoms with Crippen molar-refractivity contribution in [2.75, 3.05) is 19.8 Å². The first-order valence-electron chi connectivity index (χ1n) is 6.01. The van der Waals surface area contributed by atoms with Crippen LogP contribution in [-0.2, 0) is 23.8 Å². The molecule has 0 bridgehead atoms. The minimum Gasteiger partial charge on any atom is -0.465 e. The molecule has 96 valence electrons. The van der Waals surface area contributed by atoms with Crippen LogP contribution in [0.2, 0.25) is 0 Å². The van der Waals surface area contributed by atoms with Crippen molar-refractivity contribution in [1.29, 1.82) is 0 Å². The molecule has 0 aromatic heterocycles. The summed E-state index contributed by atoms with van der Waals surface area (Å²) < 4.78 is 16.1. The second kappa shape index (κ2) is 4.38. The minimum absolute atomic E-state index is 0.0827. The molecule has 5 nitrogen and oxygen atoms in total. The molecule has 2 rings (SSSR count). The zero-order chi connectivity index (χ0) is 12.5. The van der Waals surface area contributed by atoms with E-state index < -0.39 is 17.2 Å². The summed E-state index contributed by atoms with van der Waals surface area (Å²) in [5.41, 5.74) is -1.13. The molecule has 1 aliphatic heterocycles. The van der Waals surface area contributed by atoms with Gasteiger partial charge in [0.1, 0.15) is 11.2 Å². The van der Waals surface area contributed by atoms with E-state index in [1.54, 1.807) is 13.8 Å². The Morgan fingerprint density at radius 3 is 2.65 bits per heavy atom. The Morgan fingerprint density at radius 2 is 2.06 bits per heavy atom. The molecule has 0 aromatic carbocycles. The first kappa shape index (κ1) is 12.5. The lowest BCUT2D eigenvalue weighted by atomic mass is 9.71. The minimum atomic E-state index is -1.13. The monoisotopic (exact) mass is 242 g/mol. The van der Waals surface area contributed by atoms with Gasteiger partial charge in [0, 0.05) is 19.3 Å².